The van der Waals surface area contributed by atoms with Gasteiger partial charge < -0.3 is 15.8 Å². The first-order valence-electron chi connectivity index (χ1n) is 5.77. The lowest BCUT2D eigenvalue weighted by atomic mass is 9.97. The van der Waals surface area contributed by atoms with Crippen molar-refractivity contribution in [1.29, 1.82) is 0 Å². The van der Waals surface area contributed by atoms with Gasteiger partial charge in [-0.05, 0) is 38.6 Å². The zero-order valence-electron chi connectivity index (χ0n) is 9.29. The highest BCUT2D eigenvalue weighted by Crippen LogP contribution is 2.34. The number of carbonyl (C=O) groups is 1. The van der Waals surface area contributed by atoms with Crippen molar-refractivity contribution in [2.45, 2.75) is 43.7 Å². The monoisotopic (exact) mass is 212 g/mol. The van der Waals surface area contributed by atoms with Gasteiger partial charge in [0, 0.05) is 13.0 Å². The minimum absolute atomic E-state index is 0.213. The van der Waals surface area contributed by atoms with Crippen molar-refractivity contribution in [3.8, 4) is 0 Å². The molecular weight excluding hydrogens is 192 g/mol. The minimum Gasteiger partial charge on any atom is -0.378 e. The third-order valence-electron chi connectivity index (χ3n) is 3.68. The quantitative estimate of drug-likeness (QED) is 0.693. The number of hydrogen-bond donors (Lipinski definition) is 2. The highest BCUT2D eigenvalue weighted by Gasteiger charge is 2.43. The van der Waals surface area contributed by atoms with Crippen molar-refractivity contribution in [2.24, 2.45) is 11.7 Å². The summed E-state index contributed by atoms with van der Waals surface area (Å²) in [6, 6.07) is 0. The van der Waals surface area contributed by atoms with Gasteiger partial charge in [-0.25, -0.2) is 0 Å². The number of ether oxygens (including phenoxy) is 1. The maximum absolute atomic E-state index is 11.4. The number of carbonyl (C=O) groups excluding carboxylic acids is 1. The molecule has 15 heavy (non-hydrogen) atoms. The van der Waals surface area contributed by atoms with Crippen molar-refractivity contribution < 1.29 is 9.53 Å². The van der Waals surface area contributed by atoms with E-state index in [0.29, 0.717) is 0 Å². The molecule has 3 N–H and O–H groups in total. The van der Waals surface area contributed by atoms with Gasteiger partial charge in [0.05, 0.1) is 11.6 Å². The lowest BCUT2D eigenvalue weighted by Crippen LogP contribution is -2.52. The smallest absolute Gasteiger partial charge is 0.237 e. The molecule has 1 amide bonds. The molecule has 2 rings (SSSR count). The van der Waals surface area contributed by atoms with Crippen LogP contribution >= 0.6 is 0 Å². The van der Waals surface area contributed by atoms with E-state index < -0.39 is 5.54 Å². The predicted octanol–water partition coefficient (Wildman–Crippen LogP) is 0.409. The Morgan fingerprint density at radius 1 is 1.53 bits per heavy atom. The van der Waals surface area contributed by atoms with E-state index in [4.69, 9.17) is 10.5 Å². The molecule has 0 spiro atoms. The largest absolute Gasteiger partial charge is 0.378 e. The molecule has 4 heteroatoms. The first kappa shape index (κ1) is 10.9. The summed E-state index contributed by atoms with van der Waals surface area (Å²) in [6.07, 6.45) is 5.29. The van der Waals surface area contributed by atoms with Crippen LogP contribution < -0.4 is 11.1 Å². The molecule has 0 bridgehead atoms. The fourth-order valence-electron chi connectivity index (χ4n) is 2.27. The Labute approximate surface area is 90.5 Å². The third kappa shape index (κ3) is 2.32. The Morgan fingerprint density at radius 2 is 2.27 bits per heavy atom. The minimum atomic E-state index is -0.520. The molecule has 0 heterocycles. The molecule has 2 aliphatic rings. The first-order valence-corrected chi connectivity index (χ1v) is 5.77. The maximum atomic E-state index is 11.4. The van der Waals surface area contributed by atoms with Crippen molar-refractivity contribution in [1.82, 2.24) is 5.32 Å². The molecule has 4 nitrogen and oxygen atoms in total. The van der Waals surface area contributed by atoms with Crippen LogP contribution in [0.4, 0.5) is 0 Å². The number of rotatable bonds is 5. The Balaban J connectivity index is 1.83. The predicted molar refractivity (Wildman–Crippen MR) is 57.3 cm³/mol. The third-order valence-corrected chi connectivity index (χ3v) is 3.68. The fourth-order valence-corrected chi connectivity index (χ4v) is 2.27. The van der Waals surface area contributed by atoms with Crippen molar-refractivity contribution >= 4 is 5.91 Å². The van der Waals surface area contributed by atoms with Gasteiger partial charge in [-0.15, -0.1) is 0 Å². The summed E-state index contributed by atoms with van der Waals surface area (Å²) in [5.41, 5.74) is 4.90. The number of hydrogen-bond acceptors (Lipinski definition) is 3. The molecule has 2 atom stereocenters. The molecule has 0 aromatic rings. The molecule has 0 aromatic carbocycles. The van der Waals surface area contributed by atoms with E-state index in [1.165, 1.54) is 12.8 Å². The van der Waals surface area contributed by atoms with Crippen LogP contribution in [0.5, 0.6) is 0 Å². The van der Waals surface area contributed by atoms with E-state index in [1.54, 1.807) is 7.05 Å². The number of nitrogens with two attached hydrogens (primary N) is 1. The standard InChI is InChI=1S/C11H20N2O2/c1-13-11(10(12)14)5-4-9(6-11)15-7-8-2-3-8/h8-9,13H,2-7H2,1H3,(H2,12,14). The molecule has 0 aromatic heterocycles. The number of amides is 1. The molecule has 0 saturated heterocycles. The summed E-state index contributed by atoms with van der Waals surface area (Å²) >= 11 is 0. The van der Waals surface area contributed by atoms with E-state index in [0.717, 1.165) is 31.8 Å². The Morgan fingerprint density at radius 3 is 2.73 bits per heavy atom. The normalized spacial score (nSPS) is 35.7. The highest BCUT2D eigenvalue weighted by atomic mass is 16.5. The second-order valence-electron chi connectivity index (χ2n) is 4.84. The zero-order chi connectivity index (χ0) is 10.9. The topological polar surface area (TPSA) is 64.3 Å². The molecule has 2 saturated carbocycles. The number of likely N-dealkylation sites (N-methyl/N-ethyl adjacent to an activating group) is 1. The van der Waals surface area contributed by atoms with Gasteiger partial charge in [0.25, 0.3) is 0 Å². The van der Waals surface area contributed by atoms with Gasteiger partial charge in [0.1, 0.15) is 0 Å². The van der Waals surface area contributed by atoms with Gasteiger partial charge >= 0.3 is 0 Å². The van der Waals surface area contributed by atoms with E-state index in [9.17, 15) is 4.79 Å². The van der Waals surface area contributed by atoms with Crippen LogP contribution in [0.2, 0.25) is 0 Å². The molecule has 2 fully saturated rings. The number of primary amides is 1. The van der Waals surface area contributed by atoms with E-state index in [1.807, 2.05) is 0 Å². The molecule has 2 unspecified atom stereocenters. The highest BCUT2D eigenvalue weighted by molar-refractivity contribution is 5.85. The summed E-state index contributed by atoms with van der Waals surface area (Å²) in [4.78, 5) is 11.4. The van der Waals surface area contributed by atoms with Gasteiger partial charge in [-0.3, -0.25) is 4.79 Å². The molecule has 86 valence electrons. The summed E-state index contributed by atoms with van der Waals surface area (Å²) < 4.78 is 5.79. The van der Waals surface area contributed by atoms with Crippen LogP contribution in [0, 0.1) is 5.92 Å². The SMILES string of the molecule is CNC1(C(N)=O)CCC(OCC2CC2)C1. The van der Waals surface area contributed by atoms with Crippen molar-refractivity contribution in [2.75, 3.05) is 13.7 Å². The second-order valence-corrected chi connectivity index (χ2v) is 4.84. The van der Waals surface area contributed by atoms with Gasteiger partial charge in [-0.1, -0.05) is 0 Å². The van der Waals surface area contributed by atoms with Crippen LogP contribution in [-0.2, 0) is 9.53 Å². The Hall–Kier alpha value is -0.610. The van der Waals surface area contributed by atoms with Gasteiger partial charge in [0.2, 0.25) is 5.91 Å². The van der Waals surface area contributed by atoms with Gasteiger partial charge in [0.15, 0.2) is 0 Å². The summed E-state index contributed by atoms with van der Waals surface area (Å²) in [5.74, 6) is 0.533. The molecular formula is C11H20N2O2. The lowest BCUT2D eigenvalue weighted by Gasteiger charge is -2.24. The van der Waals surface area contributed by atoms with E-state index >= 15 is 0 Å². The average Bonchev–Trinajstić information content (AvgIpc) is 2.95. The van der Waals surface area contributed by atoms with Gasteiger partial charge in [-0.2, -0.15) is 0 Å². The zero-order valence-corrected chi connectivity index (χ0v) is 9.29. The maximum Gasteiger partial charge on any atom is 0.237 e. The molecule has 0 aliphatic heterocycles. The molecule has 0 radical (unpaired) electrons. The first-order chi connectivity index (χ1) is 7.16. The summed E-state index contributed by atoms with van der Waals surface area (Å²) in [6.45, 7) is 0.864. The molecule has 2 aliphatic carbocycles. The summed E-state index contributed by atoms with van der Waals surface area (Å²) in [5, 5.41) is 3.06. The van der Waals surface area contributed by atoms with E-state index in [-0.39, 0.29) is 12.0 Å². The fraction of sp³-hybridized carbons (Fsp3) is 0.909. The van der Waals surface area contributed by atoms with E-state index in [2.05, 4.69) is 5.32 Å². The summed E-state index contributed by atoms with van der Waals surface area (Å²) in [7, 11) is 1.80. The Kier molecular flexibility index (Phi) is 2.98. The lowest BCUT2D eigenvalue weighted by molar-refractivity contribution is -0.124. The van der Waals surface area contributed by atoms with Crippen molar-refractivity contribution in [3.05, 3.63) is 0 Å². The van der Waals surface area contributed by atoms with Crippen LogP contribution in [0.25, 0.3) is 0 Å². The average molecular weight is 212 g/mol. The van der Waals surface area contributed by atoms with Crippen LogP contribution in [0.15, 0.2) is 0 Å². The van der Waals surface area contributed by atoms with Crippen LogP contribution in [0.1, 0.15) is 32.1 Å². The van der Waals surface area contributed by atoms with Crippen LogP contribution in [0.3, 0.4) is 0 Å². The number of nitrogens with one attached hydrogen (secondary N) is 1. The second kappa shape index (κ2) is 4.10. The van der Waals surface area contributed by atoms with Crippen molar-refractivity contribution in [3.63, 3.8) is 0 Å². The van der Waals surface area contributed by atoms with Crippen LogP contribution in [-0.4, -0.2) is 31.2 Å². The Bertz CT molecular complexity index is 253.